The molecule has 1 saturated heterocycles. The van der Waals surface area contributed by atoms with Crippen LogP contribution >= 0.6 is 11.6 Å². The van der Waals surface area contributed by atoms with E-state index in [1.807, 2.05) is 0 Å². The molecule has 3 aliphatic rings. The summed E-state index contributed by atoms with van der Waals surface area (Å²) in [5.41, 5.74) is 0.645. The van der Waals surface area contributed by atoms with Gasteiger partial charge >= 0.3 is 5.97 Å². The fourth-order valence-electron chi connectivity index (χ4n) is 2.57. The van der Waals surface area contributed by atoms with Crippen LogP contribution in [0.15, 0.2) is 34.1 Å². The predicted octanol–water partition coefficient (Wildman–Crippen LogP) is 1.11. The lowest BCUT2D eigenvalue weighted by Crippen LogP contribution is -2.44. The SMILES string of the molecule is CCOC(=O)C1=C2C=C(Cl)C=C3OCCN(C1=O)C32. The summed E-state index contributed by atoms with van der Waals surface area (Å²) in [4.78, 5) is 25.9. The van der Waals surface area contributed by atoms with Crippen LogP contribution in [-0.4, -0.2) is 42.6 Å². The highest BCUT2D eigenvalue weighted by Crippen LogP contribution is 2.39. The van der Waals surface area contributed by atoms with Gasteiger partial charge in [0.15, 0.2) is 0 Å². The van der Waals surface area contributed by atoms with Crippen LogP contribution in [-0.2, 0) is 19.1 Å². The zero-order valence-electron chi connectivity index (χ0n) is 10.3. The Morgan fingerprint density at radius 2 is 2.37 bits per heavy atom. The van der Waals surface area contributed by atoms with Crippen molar-refractivity contribution in [3.05, 3.63) is 34.1 Å². The first-order valence-corrected chi connectivity index (χ1v) is 6.45. The largest absolute Gasteiger partial charge is 0.493 e. The number of nitrogens with zero attached hydrogens (tertiary/aromatic N) is 1. The zero-order chi connectivity index (χ0) is 13.6. The number of esters is 1. The third-order valence-electron chi connectivity index (χ3n) is 3.29. The smallest absolute Gasteiger partial charge is 0.344 e. The highest BCUT2D eigenvalue weighted by molar-refractivity contribution is 6.32. The third kappa shape index (κ3) is 1.76. The lowest BCUT2D eigenvalue weighted by atomic mass is 9.97. The molecule has 0 saturated carbocycles. The maximum Gasteiger partial charge on any atom is 0.344 e. The fraction of sp³-hybridized carbons (Fsp3) is 0.385. The van der Waals surface area contributed by atoms with E-state index in [1.54, 1.807) is 24.0 Å². The summed E-state index contributed by atoms with van der Waals surface area (Å²) in [5.74, 6) is -0.296. The second-order valence-corrected chi connectivity index (χ2v) is 4.81. The number of amides is 1. The summed E-state index contributed by atoms with van der Waals surface area (Å²) in [6.45, 7) is 2.79. The van der Waals surface area contributed by atoms with Crippen molar-refractivity contribution < 1.29 is 19.1 Å². The number of allylic oxidation sites excluding steroid dienone is 2. The molecule has 19 heavy (non-hydrogen) atoms. The minimum Gasteiger partial charge on any atom is -0.493 e. The van der Waals surface area contributed by atoms with E-state index in [-0.39, 0.29) is 24.1 Å². The third-order valence-corrected chi connectivity index (χ3v) is 3.51. The van der Waals surface area contributed by atoms with Crippen LogP contribution in [0.2, 0.25) is 0 Å². The molecule has 2 heterocycles. The van der Waals surface area contributed by atoms with E-state index in [0.29, 0.717) is 29.5 Å². The van der Waals surface area contributed by atoms with E-state index in [2.05, 4.69) is 0 Å². The van der Waals surface area contributed by atoms with Gasteiger partial charge in [0.25, 0.3) is 5.91 Å². The highest BCUT2D eigenvalue weighted by atomic mass is 35.5. The first-order valence-electron chi connectivity index (χ1n) is 6.07. The Labute approximate surface area is 115 Å². The predicted molar refractivity (Wildman–Crippen MR) is 67.1 cm³/mol. The van der Waals surface area contributed by atoms with Gasteiger partial charge in [-0.25, -0.2) is 4.79 Å². The Bertz CT molecular complexity index is 561. The van der Waals surface area contributed by atoms with Crippen LogP contribution in [0.5, 0.6) is 0 Å². The lowest BCUT2D eigenvalue weighted by Gasteiger charge is -2.34. The van der Waals surface area contributed by atoms with Crippen molar-refractivity contribution in [1.82, 2.24) is 4.90 Å². The quantitative estimate of drug-likeness (QED) is 0.562. The van der Waals surface area contributed by atoms with Crippen LogP contribution in [0.1, 0.15) is 6.92 Å². The molecule has 100 valence electrons. The minimum atomic E-state index is -0.598. The number of rotatable bonds is 2. The van der Waals surface area contributed by atoms with E-state index in [0.717, 1.165) is 0 Å². The Morgan fingerprint density at radius 3 is 3.11 bits per heavy atom. The topological polar surface area (TPSA) is 55.8 Å². The Kier molecular flexibility index (Phi) is 2.86. The van der Waals surface area contributed by atoms with E-state index >= 15 is 0 Å². The fourth-order valence-corrected chi connectivity index (χ4v) is 2.80. The summed E-state index contributed by atoms with van der Waals surface area (Å²) in [7, 11) is 0. The molecular formula is C13H12ClNO4. The average Bonchev–Trinajstić information content (AvgIpc) is 2.64. The van der Waals surface area contributed by atoms with Crippen LogP contribution in [0.25, 0.3) is 0 Å². The summed E-state index contributed by atoms with van der Waals surface area (Å²) < 4.78 is 10.5. The van der Waals surface area contributed by atoms with Gasteiger partial charge in [-0.1, -0.05) is 11.6 Å². The van der Waals surface area contributed by atoms with Crippen molar-refractivity contribution in [1.29, 1.82) is 0 Å². The van der Waals surface area contributed by atoms with Crippen molar-refractivity contribution in [2.75, 3.05) is 19.8 Å². The van der Waals surface area contributed by atoms with Gasteiger partial charge in [0.05, 0.1) is 13.2 Å². The number of hydrogen-bond acceptors (Lipinski definition) is 4. The number of halogens is 1. The van der Waals surface area contributed by atoms with Gasteiger partial charge in [0.2, 0.25) is 0 Å². The maximum atomic E-state index is 12.3. The first-order chi connectivity index (χ1) is 9.13. The van der Waals surface area contributed by atoms with Crippen molar-refractivity contribution in [3.63, 3.8) is 0 Å². The molecule has 1 unspecified atom stereocenters. The second-order valence-electron chi connectivity index (χ2n) is 4.38. The molecule has 0 aromatic carbocycles. The van der Waals surface area contributed by atoms with Crippen LogP contribution in [0.4, 0.5) is 0 Å². The molecule has 0 aromatic rings. The van der Waals surface area contributed by atoms with Crippen molar-refractivity contribution in [3.8, 4) is 0 Å². The number of carbonyl (C=O) groups excluding carboxylic acids is 2. The van der Waals surface area contributed by atoms with E-state index in [9.17, 15) is 9.59 Å². The Balaban J connectivity index is 2.10. The number of hydrogen-bond donors (Lipinski definition) is 0. The molecule has 0 spiro atoms. The van der Waals surface area contributed by atoms with Gasteiger partial charge in [0, 0.05) is 10.6 Å². The number of morpholine rings is 1. The second kappa shape index (κ2) is 4.42. The van der Waals surface area contributed by atoms with E-state index in [4.69, 9.17) is 21.1 Å². The van der Waals surface area contributed by atoms with Gasteiger partial charge < -0.3 is 14.4 Å². The standard InChI is InChI=1S/C13H12ClNO4/c1-2-18-13(17)10-8-5-7(14)6-9-11(8)15(12(10)16)3-4-19-9/h5-6,11H,2-4H2,1H3. The molecule has 1 amide bonds. The average molecular weight is 282 g/mol. The Morgan fingerprint density at radius 1 is 1.58 bits per heavy atom. The molecule has 0 bridgehead atoms. The molecule has 2 aliphatic heterocycles. The molecule has 3 rings (SSSR count). The van der Waals surface area contributed by atoms with E-state index in [1.165, 1.54) is 0 Å². The van der Waals surface area contributed by atoms with Crippen LogP contribution in [0, 0.1) is 0 Å². The summed E-state index contributed by atoms with van der Waals surface area (Å²) >= 11 is 6.01. The molecular weight excluding hydrogens is 270 g/mol. The number of carbonyl (C=O) groups is 2. The Hall–Kier alpha value is -1.75. The van der Waals surface area contributed by atoms with E-state index < -0.39 is 5.97 Å². The van der Waals surface area contributed by atoms with Gasteiger partial charge in [-0.05, 0) is 19.1 Å². The summed E-state index contributed by atoms with van der Waals surface area (Å²) in [5, 5.41) is 0.444. The minimum absolute atomic E-state index is 0.0705. The molecule has 6 heteroatoms. The van der Waals surface area contributed by atoms with Gasteiger partial charge in [0.1, 0.15) is 24.0 Å². The van der Waals surface area contributed by atoms with Crippen LogP contribution < -0.4 is 0 Å². The van der Waals surface area contributed by atoms with Crippen molar-refractivity contribution in [2.45, 2.75) is 13.0 Å². The molecule has 0 N–H and O–H groups in total. The summed E-state index contributed by atoms with van der Waals surface area (Å²) in [6.07, 6.45) is 3.32. The molecule has 5 nitrogen and oxygen atoms in total. The molecule has 1 fully saturated rings. The molecule has 0 radical (unpaired) electrons. The summed E-state index contributed by atoms with van der Waals surface area (Å²) in [6, 6.07) is -0.330. The highest BCUT2D eigenvalue weighted by Gasteiger charge is 2.47. The van der Waals surface area contributed by atoms with Gasteiger partial charge in [-0.3, -0.25) is 4.79 Å². The molecule has 1 atom stereocenters. The molecule has 1 aliphatic carbocycles. The monoisotopic (exact) mass is 281 g/mol. The molecule has 0 aromatic heterocycles. The maximum absolute atomic E-state index is 12.3. The normalized spacial score (nSPS) is 24.6. The lowest BCUT2D eigenvalue weighted by molar-refractivity contribution is -0.142. The van der Waals surface area contributed by atoms with Gasteiger partial charge in [-0.15, -0.1) is 0 Å². The first kappa shape index (κ1) is 12.3. The van der Waals surface area contributed by atoms with Crippen molar-refractivity contribution in [2.24, 2.45) is 0 Å². The van der Waals surface area contributed by atoms with Crippen LogP contribution in [0.3, 0.4) is 0 Å². The number of ether oxygens (including phenoxy) is 2. The van der Waals surface area contributed by atoms with Crippen molar-refractivity contribution >= 4 is 23.5 Å². The van der Waals surface area contributed by atoms with Gasteiger partial charge in [-0.2, -0.15) is 0 Å². The zero-order valence-corrected chi connectivity index (χ0v) is 11.1.